The van der Waals surface area contributed by atoms with Gasteiger partial charge in [0.25, 0.3) is 0 Å². The minimum atomic E-state index is -0.289. The number of nitrogens with zero attached hydrogens (tertiary/aromatic N) is 1. The highest BCUT2D eigenvalue weighted by Crippen LogP contribution is 2.17. The van der Waals surface area contributed by atoms with Crippen LogP contribution in [0.3, 0.4) is 0 Å². The van der Waals surface area contributed by atoms with E-state index in [1.54, 1.807) is 6.07 Å². The molecule has 24 heavy (non-hydrogen) atoms. The van der Waals surface area contributed by atoms with Gasteiger partial charge in [-0.25, -0.2) is 0 Å². The second kappa shape index (κ2) is 10.7. The summed E-state index contributed by atoms with van der Waals surface area (Å²) < 4.78 is 0. The quantitative estimate of drug-likeness (QED) is 0.418. The Morgan fingerprint density at radius 2 is 2.17 bits per heavy atom. The molecule has 0 bridgehead atoms. The zero-order valence-corrected chi connectivity index (χ0v) is 15.4. The summed E-state index contributed by atoms with van der Waals surface area (Å²) >= 11 is 3.27. The van der Waals surface area contributed by atoms with Crippen molar-refractivity contribution in [2.75, 3.05) is 12.4 Å². The first-order valence-electron chi connectivity index (χ1n) is 7.58. The van der Waals surface area contributed by atoms with Gasteiger partial charge in [0.1, 0.15) is 6.29 Å². The molecule has 0 saturated carbocycles. The zero-order chi connectivity index (χ0) is 17.9. The normalized spacial score (nSPS) is 11.3. The van der Waals surface area contributed by atoms with Crippen molar-refractivity contribution in [3.05, 3.63) is 34.9 Å². The van der Waals surface area contributed by atoms with Crippen molar-refractivity contribution in [3.63, 3.8) is 0 Å². The Balaban J connectivity index is 2.84. The van der Waals surface area contributed by atoms with E-state index >= 15 is 0 Å². The molecule has 0 aromatic heterocycles. The first-order chi connectivity index (χ1) is 11.5. The molecule has 6 heteroatoms. The molecule has 1 atom stereocenters. The second-order valence-corrected chi connectivity index (χ2v) is 5.98. The number of carbonyl (C=O) groups is 3. The Labute approximate surface area is 150 Å². The van der Waals surface area contributed by atoms with Crippen molar-refractivity contribution >= 4 is 34.5 Å². The number of carbonyl (C=O) groups excluding carboxylic acids is 3. The van der Waals surface area contributed by atoms with Crippen LogP contribution in [-0.4, -0.2) is 41.9 Å². The van der Waals surface area contributed by atoms with Crippen LogP contribution in [0.15, 0.2) is 18.2 Å². The molecule has 1 N–H and O–H groups in total. The number of halogens is 1. The van der Waals surface area contributed by atoms with Crippen LogP contribution in [-0.2, 0) is 16.1 Å². The van der Waals surface area contributed by atoms with Crippen molar-refractivity contribution in [3.8, 4) is 11.8 Å². The predicted molar refractivity (Wildman–Crippen MR) is 96.9 cm³/mol. The standard InChI is InChI=1S/C18H21BrN2O3/c1-14(8-9-18(24)20-13-23)21(2)11-17-15(7-4-10-19)5-3-6-16(17)12-22/h3,5-6,12-14H,8-11H2,1-2H3,(H,20,23,24). The molecule has 0 aliphatic carbocycles. The second-order valence-electron chi connectivity index (χ2n) is 5.41. The van der Waals surface area contributed by atoms with Gasteiger partial charge in [0, 0.05) is 30.1 Å². The first kappa shape index (κ1) is 20.1. The van der Waals surface area contributed by atoms with Gasteiger partial charge in [0.05, 0.1) is 5.33 Å². The summed E-state index contributed by atoms with van der Waals surface area (Å²) in [5, 5.41) is 2.70. The molecule has 1 unspecified atom stereocenters. The summed E-state index contributed by atoms with van der Waals surface area (Å²) in [6, 6.07) is 5.60. The molecule has 0 fully saturated rings. The minimum absolute atomic E-state index is 0.110. The lowest BCUT2D eigenvalue weighted by Crippen LogP contribution is -2.31. The van der Waals surface area contributed by atoms with E-state index in [-0.39, 0.29) is 18.4 Å². The lowest BCUT2D eigenvalue weighted by atomic mass is 10.0. The predicted octanol–water partition coefficient (Wildman–Crippen LogP) is 2.12. The summed E-state index contributed by atoms with van der Waals surface area (Å²) in [6.07, 6.45) is 2.12. The van der Waals surface area contributed by atoms with Gasteiger partial charge in [-0.15, -0.1) is 0 Å². The SMILES string of the molecule is CC(CCC(=O)NC=O)N(C)Cc1c(C#CCBr)cccc1C=O. The lowest BCUT2D eigenvalue weighted by Gasteiger charge is -2.25. The average Bonchev–Trinajstić information content (AvgIpc) is 2.58. The van der Waals surface area contributed by atoms with Gasteiger partial charge in [-0.3, -0.25) is 24.6 Å². The van der Waals surface area contributed by atoms with E-state index in [0.717, 1.165) is 17.4 Å². The molecule has 2 amide bonds. The molecule has 128 valence electrons. The fourth-order valence-corrected chi connectivity index (χ4v) is 2.38. The van der Waals surface area contributed by atoms with Crippen LogP contribution in [0.1, 0.15) is 41.3 Å². The molecular formula is C18H21BrN2O3. The zero-order valence-electron chi connectivity index (χ0n) is 13.8. The largest absolute Gasteiger partial charge is 0.299 e. The number of aldehydes is 1. The van der Waals surface area contributed by atoms with Gasteiger partial charge in [0.15, 0.2) is 0 Å². The summed E-state index contributed by atoms with van der Waals surface area (Å²) in [7, 11) is 1.94. The van der Waals surface area contributed by atoms with E-state index < -0.39 is 0 Å². The third-order valence-corrected chi connectivity index (χ3v) is 4.08. The molecular weight excluding hydrogens is 372 g/mol. The molecule has 1 aromatic carbocycles. The molecule has 5 nitrogen and oxygen atoms in total. The van der Waals surface area contributed by atoms with Crippen molar-refractivity contribution in [2.45, 2.75) is 32.4 Å². The summed E-state index contributed by atoms with van der Waals surface area (Å²) in [6.45, 7) is 2.55. The maximum atomic E-state index is 11.4. The molecule has 0 saturated heterocycles. The number of alkyl halides is 1. The maximum absolute atomic E-state index is 11.4. The van der Waals surface area contributed by atoms with Crippen LogP contribution >= 0.6 is 15.9 Å². The van der Waals surface area contributed by atoms with E-state index in [1.807, 2.05) is 26.1 Å². The van der Waals surface area contributed by atoms with Crippen LogP contribution in [0.2, 0.25) is 0 Å². The fraction of sp³-hybridized carbons (Fsp3) is 0.389. The van der Waals surface area contributed by atoms with E-state index in [2.05, 4.69) is 38.0 Å². The average molecular weight is 393 g/mol. The van der Waals surface area contributed by atoms with Gasteiger partial charge >= 0.3 is 0 Å². The van der Waals surface area contributed by atoms with Gasteiger partial charge in [-0.05, 0) is 32.0 Å². The minimum Gasteiger partial charge on any atom is -0.299 e. The smallest absolute Gasteiger partial charge is 0.226 e. The molecule has 0 aliphatic rings. The van der Waals surface area contributed by atoms with Gasteiger partial charge in [-0.2, -0.15) is 0 Å². The number of imide groups is 1. The molecule has 0 heterocycles. The van der Waals surface area contributed by atoms with E-state index in [0.29, 0.717) is 30.3 Å². The maximum Gasteiger partial charge on any atom is 0.226 e. The molecule has 1 rings (SSSR count). The number of hydrogen-bond donors (Lipinski definition) is 1. The fourth-order valence-electron chi connectivity index (χ4n) is 2.24. The van der Waals surface area contributed by atoms with Gasteiger partial charge in [-0.1, -0.05) is 39.9 Å². The van der Waals surface area contributed by atoms with Crippen molar-refractivity contribution in [1.82, 2.24) is 10.2 Å². The van der Waals surface area contributed by atoms with Crippen molar-refractivity contribution < 1.29 is 14.4 Å². The molecule has 0 aliphatic heterocycles. The van der Waals surface area contributed by atoms with Gasteiger partial charge < -0.3 is 0 Å². The highest BCUT2D eigenvalue weighted by atomic mass is 79.9. The highest BCUT2D eigenvalue weighted by molar-refractivity contribution is 9.09. The van der Waals surface area contributed by atoms with E-state index in [4.69, 9.17) is 0 Å². The van der Waals surface area contributed by atoms with E-state index in [9.17, 15) is 14.4 Å². The van der Waals surface area contributed by atoms with Crippen molar-refractivity contribution in [1.29, 1.82) is 0 Å². The molecule has 1 aromatic rings. The Bertz CT molecular complexity index is 649. The van der Waals surface area contributed by atoms with Crippen molar-refractivity contribution in [2.24, 2.45) is 0 Å². The topological polar surface area (TPSA) is 66.5 Å². The Morgan fingerprint density at radius 1 is 1.42 bits per heavy atom. The Morgan fingerprint density at radius 3 is 2.79 bits per heavy atom. The number of nitrogens with one attached hydrogen (secondary N) is 1. The Hall–Kier alpha value is -1.97. The number of benzene rings is 1. The summed E-state index contributed by atoms with van der Waals surface area (Å²) in [4.78, 5) is 35.0. The van der Waals surface area contributed by atoms with Gasteiger partial charge in [0.2, 0.25) is 12.3 Å². The van der Waals surface area contributed by atoms with Crippen LogP contribution in [0.4, 0.5) is 0 Å². The lowest BCUT2D eigenvalue weighted by molar-refractivity contribution is -0.125. The van der Waals surface area contributed by atoms with Crippen LogP contribution in [0.25, 0.3) is 0 Å². The highest BCUT2D eigenvalue weighted by Gasteiger charge is 2.15. The first-order valence-corrected chi connectivity index (χ1v) is 8.70. The van der Waals surface area contributed by atoms with Crippen LogP contribution < -0.4 is 5.32 Å². The third-order valence-electron chi connectivity index (χ3n) is 3.80. The summed E-state index contributed by atoms with van der Waals surface area (Å²) in [5.41, 5.74) is 2.33. The number of amides is 2. The number of rotatable bonds is 8. The van der Waals surface area contributed by atoms with Crippen LogP contribution in [0.5, 0.6) is 0 Å². The Kier molecular flexibility index (Phi) is 8.98. The van der Waals surface area contributed by atoms with Crippen LogP contribution in [0, 0.1) is 11.8 Å². The molecule has 0 radical (unpaired) electrons. The molecule has 0 spiro atoms. The summed E-state index contributed by atoms with van der Waals surface area (Å²) in [5.74, 6) is 5.73. The monoisotopic (exact) mass is 392 g/mol. The van der Waals surface area contributed by atoms with E-state index in [1.165, 1.54) is 0 Å². The third kappa shape index (κ3) is 6.26. The number of hydrogen-bond acceptors (Lipinski definition) is 4.